The number of benzene rings is 3. The van der Waals surface area contributed by atoms with E-state index in [4.69, 9.17) is 10.00 Å². The first-order valence-corrected chi connectivity index (χ1v) is 9.94. The number of methoxy groups -OCH3 is 1. The molecular weight excluding hydrogens is 374 g/mol. The Kier molecular flexibility index (Phi) is 5.52. The molecule has 0 aromatic heterocycles. The molecule has 0 saturated heterocycles. The van der Waals surface area contributed by atoms with Gasteiger partial charge in [0.2, 0.25) is 0 Å². The second-order valence-corrected chi connectivity index (χ2v) is 7.80. The van der Waals surface area contributed by atoms with Crippen molar-refractivity contribution in [3.63, 3.8) is 0 Å². The summed E-state index contributed by atoms with van der Waals surface area (Å²) < 4.78 is 33.2. The highest BCUT2D eigenvalue weighted by Gasteiger charge is 2.19. The lowest BCUT2D eigenvalue weighted by molar-refractivity contribution is 0.402. The van der Waals surface area contributed by atoms with Crippen LogP contribution < -0.4 is 14.8 Å². The Bertz CT molecular complexity index is 1120. The highest BCUT2D eigenvalue weighted by atomic mass is 32.2. The van der Waals surface area contributed by atoms with Gasteiger partial charge in [0, 0.05) is 17.1 Å². The molecule has 0 unspecified atom stereocenters. The van der Waals surface area contributed by atoms with Crippen molar-refractivity contribution in [2.24, 2.45) is 0 Å². The van der Waals surface area contributed by atoms with Crippen LogP contribution in [-0.2, 0) is 10.0 Å². The van der Waals surface area contributed by atoms with Gasteiger partial charge in [-0.3, -0.25) is 4.72 Å². The lowest BCUT2D eigenvalue weighted by Gasteiger charge is -2.13. The van der Waals surface area contributed by atoms with Gasteiger partial charge in [0.15, 0.2) is 0 Å². The molecule has 0 aliphatic rings. The first-order valence-electron chi connectivity index (χ1n) is 8.46. The van der Waals surface area contributed by atoms with E-state index in [0.29, 0.717) is 11.3 Å². The molecule has 28 heavy (non-hydrogen) atoms. The molecule has 0 aliphatic carbocycles. The Morgan fingerprint density at radius 2 is 1.46 bits per heavy atom. The molecule has 0 radical (unpaired) electrons. The molecule has 0 spiro atoms. The minimum absolute atomic E-state index is 0.0924. The Labute approximate surface area is 164 Å². The molecule has 0 heterocycles. The van der Waals surface area contributed by atoms with E-state index in [1.165, 1.54) is 7.11 Å². The molecule has 3 aromatic rings. The third kappa shape index (κ3) is 4.42. The fourth-order valence-corrected chi connectivity index (χ4v) is 3.93. The molecule has 3 rings (SSSR count). The Morgan fingerprint density at radius 1 is 0.893 bits per heavy atom. The third-order valence-corrected chi connectivity index (χ3v) is 5.45. The number of hydrogen-bond donors (Lipinski definition) is 2. The predicted molar refractivity (Wildman–Crippen MR) is 109 cm³/mol. The van der Waals surface area contributed by atoms with E-state index in [0.717, 1.165) is 16.9 Å². The van der Waals surface area contributed by atoms with Crippen LogP contribution in [0, 0.1) is 18.3 Å². The van der Waals surface area contributed by atoms with Crippen molar-refractivity contribution in [1.29, 1.82) is 5.26 Å². The van der Waals surface area contributed by atoms with Gasteiger partial charge in [0.1, 0.15) is 10.6 Å². The van der Waals surface area contributed by atoms with Gasteiger partial charge in [0.05, 0.1) is 18.7 Å². The number of anilines is 3. The third-order valence-electron chi connectivity index (χ3n) is 4.05. The summed E-state index contributed by atoms with van der Waals surface area (Å²) in [5, 5.41) is 12.0. The van der Waals surface area contributed by atoms with E-state index in [9.17, 15) is 8.42 Å². The molecule has 3 aromatic carbocycles. The zero-order chi connectivity index (χ0) is 20.1. The minimum Gasteiger partial charge on any atom is -0.495 e. The zero-order valence-electron chi connectivity index (χ0n) is 15.4. The van der Waals surface area contributed by atoms with Crippen LogP contribution in [0.2, 0.25) is 0 Å². The van der Waals surface area contributed by atoms with Gasteiger partial charge in [-0.25, -0.2) is 8.42 Å². The van der Waals surface area contributed by atoms with Crippen LogP contribution in [0.1, 0.15) is 11.1 Å². The summed E-state index contributed by atoms with van der Waals surface area (Å²) in [4.78, 5) is 0.0924. The van der Waals surface area contributed by atoms with Gasteiger partial charge in [0.25, 0.3) is 10.0 Å². The number of sulfonamides is 1. The topological polar surface area (TPSA) is 91.2 Å². The number of aryl methyl sites for hydroxylation is 1. The van der Waals surface area contributed by atoms with E-state index in [1.54, 1.807) is 66.7 Å². The Morgan fingerprint density at radius 3 is 2.04 bits per heavy atom. The van der Waals surface area contributed by atoms with Crippen molar-refractivity contribution in [1.82, 2.24) is 0 Å². The maximum absolute atomic E-state index is 12.7. The molecule has 7 heteroatoms. The zero-order valence-corrected chi connectivity index (χ0v) is 16.2. The monoisotopic (exact) mass is 393 g/mol. The molecule has 6 nitrogen and oxygen atoms in total. The van der Waals surface area contributed by atoms with Crippen molar-refractivity contribution in [3.8, 4) is 11.8 Å². The lowest BCUT2D eigenvalue weighted by atomic mass is 10.2. The molecule has 142 valence electrons. The van der Waals surface area contributed by atoms with Gasteiger partial charge in [-0.05, 0) is 73.2 Å². The summed E-state index contributed by atoms with van der Waals surface area (Å²) >= 11 is 0. The van der Waals surface area contributed by atoms with Crippen molar-refractivity contribution in [2.75, 3.05) is 17.1 Å². The lowest BCUT2D eigenvalue weighted by Crippen LogP contribution is -2.14. The SMILES string of the molecule is COc1ccc(C)cc1S(=O)(=O)Nc1ccc(Nc2ccc(C#N)cc2)cc1. The minimum atomic E-state index is -3.78. The summed E-state index contributed by atoms with van der Waals surface area (Å²) in [6.45, 7) is 1.82. The molecule has 0 bridgehead atoms. The summed E-state index contributed by atoms with van der Waals surface area (Å²) in [6.07, 6.45) is 0. The molecule has 2 N–H and O–H groups in total. The van der Waals surface area contributed by atoms with Crippen LogP contribution in [-0.4, -0.2) is 15.5 Å². The first-order chi connectivity index (χ1) is 13.4. The summed E-state index contributed by atoms with van der Waals surface area (Å²) in [5.74, 6) is 0.289. The smallest absolute Gasteiger partial charge is 0.265 e. The molecule has 0 fully saturated rings. The normalized spacial score (nSPS) is 10.8. The molecule has 0 saturated carbocycles. The van der Waals surface area contributed by atoms with Crippen molar-refractivity contribution >= 4 is 27.1 Å². The number of hydrogen-bond acceptors (Lipinski definition) is 5. The number of nitrogens with zero attached hydrogens (tertiary/aromatic N) is 1. The van der Waals surface area contributed by atoms with Gasteiger partial charge in [-0.15, -0.1) is 0 Å². The van der Waals surface area contributed by atoms with E-state index >= 15 is 0 Å². The number of ether oxygens (including phenoxy) is 1. The van der Waals surface area contributed by atoms with Crippen molar-refractivity contribution < 1.29 is 13.2 Å². The quantitative estimate of drug-likeness (QED) is 0.647. The van der Waals surface area contributed by atoms with E-state index < -0.39 is 10.0 Å². The first kappa shape index (κ1) is 19.3. The number of nitriles is 1. The highest BCUT2D eigenvalue weighted by molar-refractivity contribution is 7.92. The average molecular weight is 393 g/mol. The highest BCUT2D eigenvalue weighted by Crippen LogP contribution is 2.27. The van der Waals surface area contributed by atoms with Crippen LogP contribution >= 0.6 is 0 Å². The fraction of sp³-hybridized carbons (Fsp3) is 0.0952. The van der Waals surface area contributed by atoms with E-state index in [-0.39, 0.29) is 10.6 Å². The maximum Gasteiger partial charge on any atom is 0.265 e. The van der Waals surface area contributed by atoms with Gasteiger partial charge in [-0.1, -0.05) is 6.07 Å². The predicted octanol–water partition coefficient (Wildman–Crippen LogP) is 4.42. The largest absolute Gasteiger partial charge is 0.495 e. The van der Waals surface area contributed by atoms with Crippen LogP contribution in [0.3, 0.4) is 0 Å². The molecule has 0 aliphatic heterocycles. The number of nitrogens with one attached hydrogen (secondary N) is 2. The van der Waals surface area contributed by atoms with E-state index in [2.05, 4.69) is 16.1 Å². The van der Waals surface area contributed by atoms with Crippen molar-refractivity contribution in [3.05, 3.63) is 77.9 Å². The Hall–Kier alpha value is -3.50. The van der Waals surface area contributed by atoms with Crippen molar-refractivity contribution in [2.45, 2.75) is 11.8 Å². The molecule has 0 amide bonds. The summed E-state index contributed by atoms with van der Waals surface area (Å²) in [6, 6.07) is 21.0. The molecular formula is C21H19N3O3S. The second kappa shape index (κ2) is 8.03. The molecule has 0 atom stereocenters. The second-order valence-electron chi connectivity index (χ2n) is 6.15. The summed E-state index contributed by atoms with van der Waals surface area (Å²) in [5.41, 5.74) is 3.47. The average Bonchev–Trinajstić information content (AvgIpc) is 2.70. The summed E-state index contributed by atoms with van der Waals surface area (Å²) in [7, 11) is -2.35. The van der Waals surface area contributed by atoms with Gasteiger partial charge < -0.3 is 10.1 Å². The van der Waals surface area contributed by atoms with Crippen LogP contribution in [0.5, 0.6) is 5.75 Å². The van der Waals surface area contributed by atoms with Crippen LogP contribution in [0.25, 0.3) is 0 Å². The van der Waals surface area contributed by atoms with Gasteiger partial charge in [-0.2, -0.15) is 5.26 Å². The van der Waals surface area contributed by atoms with Gasteiger partial charge >= 0.3 is 0 Å². The van der Waals surface area contributed by atoms with Crippen LogP contribution in [0.4, 0.5) is 17.1 Å². The van der Waals surface area contributed by atoms with E-state index in [1.807, 2.05) is 6.92 Å². The van der Waals surface area contributed by atoms with Crippen LogP contribution in [0.15, 0.2) is 71.6 Å². The maximum atomic E-state index is 12.7. The Balaban J connectivity index is 1.76. The standard InChI is InChI=1S/C21H19N3O3S/c1-15-3-12-20(27-2)21(13-15)28(25,26)24-19-10-8-18(9-11-19)23-17-6-4-16(14-22)5-7-17/h3-13,23-24H,1-2H3. The fourth-order valence-electron chi connectivity index (χ4n) is 2.62. The number of rotatable bonds is 6.